The standard InChI is InChI=1S/C19H24ClN5O3/c1-27-15-11-16(28-2)14(10-13(15)20)23-19(26)22-12-17-21-7-6-18(24-17)25-8-4-3-5-9-25/h6-7,10-11H,3-5,8-9,12H2,1-2H3,(H2,22,23,26). The lowest BCUT2D eigenvalue weighted by atomic mass is 10.1. The zero-order valence-electron chi connectivity index (χ0n) is 16.0. The highest BCUT2D eigenvalue weighted by Gasteiger charge is 2.14. The van der Waals surface area contributed by atoms with Gasteiger partial charge in [-0.15, -0.1) is 0 Å². The molecule has 150 valence electrons. The number of methoxy groups -OCH3 is 2. The number of urea groups is 1. The Bertz CT molecular complexity index is 827. The lowest BCUT2D eigenvalue weighted by Gasteiger charge is -2.27. The van der Waals surface area contributed by atoms with Crippen LogP contribution >= 0.6 is 11.6 Å². The highest BCUT2D eigenvalue weighted by Crippen LogP contribution is 2.35. The fourth-order valence-corrected chi connectivity index (χ4v) is 3.30. The summed E-state index contributed by atoms with van der Waals surface area (Å²) < 4.78 is 10.4. The van der Waals surface area contributed by atoms with Crippen molar-refractivity contribution in [1.29, 1.82) is 0 Å². The summed E-state index contributed by atoms with van der Waals surface area (Å²) in [6.07, 6.45) is 5.33. The summed E-state index contributed by atoms with van der Waals surface area (Å²) in [6.45, 7) is 2.21. The number of nitrogens with zero attached hydrogens (tertiary/aromatic N) is 3. The number of hydrogen-bond acceptors (Lipinski definition) is 6. The van der Waals surface area contributed by atoms with E-state index in [0.717, 1.165) is 18.9 Å². The second-order valence-corrected chi connectivity index (χ2v) is 6.78. The number of halogens is 1. The number of ether oxygens (including phenoxy) is 2. The van der Waals surface area contributed by atoms with E-state index in [1.54, 1.807) is 18.3 Å². The Morgan fingerprint density at radius 1 is 1.18 bits per heavy atom. The zero-order chi connectivity index (χ0) is 19.9. The average molecular weight is 406 g/mol. The van der Waals surface area contributed by atoms with E-state index in [4.69, 9.17) is 21.1 Å². The molecule has 0 aliphatic carbocycles. The van der Waals surface area contributed by atoms with Crippen LogP contribution in [0.3, 0.4) is 0 Å². The van der Waals surface area contributed by atoms with Crippen molar-refractivity contribution >= 4 is 29.1 Å². The third-order valence-electron chi connectivity index (χ3n) is 4.50. The van der Waals surface area contributed by atoms with Crippen molar-refractivity contribution in [2.24, 2.45) is 0 Å². The van der Waals surface area contributed by atoms with E-state index in [0.29, 0.717) is 28.0 Å². The Balaban J connectivity index is 1.61. The molecule has 1 aromatic carbocycles. The predicted octanol–water partition coefficient (Wildman–Crippen LogP) is 3.46. The minimum atomic E-state index is -0.411. The summed E-state index contributed by atoms with van der Waals surface area (Å²) in [5.74, 6) is 2.36. The van der Waals surface area contributed by atoms with Gasteiger partial charge in [-0.1, -0.05) is 11.6 Å². The zero-order valence-corrected chi connectivity index (χ0v) is 16.8. The van der Waals surface area contributed by atoms with E-state index in [1.807, 2.05) is 6.07 Å². The van der Waals surface area contributed by atoms with Crippen molar-refractivity contribution in [3.05, 3.63) is 35.2 Å². The number of anilines is 2. The van der Waals surface area contributed by atoms with Gasteiger partial charge in [0.1, 0.15) is 23.1 Å². The van der Waals surface area contributed by atoms with Crippen molar-refractivity contribution in [2.45, 2.75) is 25.8 Å². The molecular formula is C19H24ClN5O3. The van der Waals surface area contributed by atoms with Crippen LogP contribution in [0.2, 0.25) is 5.02 Å². The Morgan fingerprint density at radius 3 is 2.64 bits per heavy atom. The van der Waals surface area contributed by atoms with Crippen LogP contribution in [0, 0.1) is 0 Å². The van der Waals surface area contributed by atoms with Crippen LogP contribution in [0.25, 0.3) is 0 Å². The minimum absolute atomic E-state index is 0.208. The second-order valence-electron chi connectivity index (χ2n) is 6.37. The first kappa shape index (κ1) is 20.0. The van der Waals surface area contributed by atoms with Crippen molar-refractivity contribution in [1.82, 2.24) is 15.3 Å². The Hall–Kier alpha value is -2.74. The molecule has 2 heterocycles. The molecule has 28 heavy (non-hydrogen) atoms. The maximum absolute atomic E-state index is 12.3. The van der Waals surface area contributed by atoms with Gasteiger partial charge < -0.3 is 25.0 Å². The van der Waals surface area contributed by atoms with E-state index in [1.165, 1.54) is 33.5 Å². The fourth-order valence-electron chi connectivity index (χ4n) is 3.06. The Labute approximate surface area is 169 Å². The molecule has 2 aromatic rings. The third-order valence-corrected chi connectivity index (χ3v) is 4.80. The highest BCUT2D eigenvalue weighted by molar-refractivity contribution is 6.32. The normalized spacial score (nSPS) is 13.8. The molecule has 0 spiro atoms. The number of nitrogens with one attached hydrogen (secondary N) is 2. The first-order valence-electron chi connectivity index (χ1n) is 9.14. The molecular weight excluding hydrogens is 382 g/mol. The van der Waals surface area contributed by atoms with Gasteiger partial charge >= 0.3 is 6.03 Å². The maximum Gasteiger partial charge on any atom is 0.319 e. The number of aromatic nitrogens is 2. The summed E-state index contributed by atoms with van der Waals surface area (Å²) in [5.41, 5.74) is 0.439. The van der Waals surface area contributed by atoms with Crippen LogP contribution in [0.15, 0.2) is 24.4 Å². The van der Waals surface area contributed by atoms with Crippen molar-refractivity contribution in [2.75, 3.05) is 37.5 Å². The second kappa shape index (κ2) is 9.45. The SMILES string of the molecule is COc1cc(OC)c(NC(=O)NCc2nccc(N3CCCCC3)n2)cc1Cl. The molecule has 0 saturated carbocycles. The van der Waals surface area contributed by atoms with E-state index >= 15 is 0 Å². The van der Waals surface area contributed by atoms with Crippen LogP contribution in [0.4, 0.5) is 16.3 Å². The van der Waals surface area contributed by atoms with E-state index < -0.39 is 6.03 Å². The molecule has 0 bridgehead atoms. The lowest BCUT2D eigenvalue weighted by molar-refractivity contribution is 0.251. The number of benzene rings is 1. The number of piperidine rings is 1. The molecule has 1 aliphatic rings. The first-order chi connectivity index (χ1) is 13.6. The van der Waals surface area contributed by atoms with Gasteiger partial charge in [0.05, 0.1) is 31.5 Å². The largest absolute Gasteiger partial charge is 0.495 e. The van der Waals surface area contributed by atoms with E-state index in [-0.39, 0.29) is 6.54 Å². The summed E-state index contributed by atoms with van der Waals surface area (Å²) in [7, 11) is 3.02. The predicted molar refractivity (Wildman–Crippen MR) is 109 cm³/mol. The number of amides is 2. The Morgan fingerprint density at radius 2 is 1.93 bits per heavy atom. The Kier molecular flexibility index (Phi) is 6.76. The molecule has 2 amide bonds. The van der Waals surface area contributed by atoms with E-state index in [2.05, 4.69) is 25.5 Å². The average Bonchev–Trinajstić information content (AvgIpc) is 2.73. The maximum atomic E-state index is 12.3. The van der Waals surface area contributed by atoms with Crippen molar-refractivity contribution in [3.63, 3.8) is 0 Å². The van der Waals surface area contributed by atoms with Gasteiger partial charge in [0.25, 0.3) is 0 Å². The molecule has 0 atom stereocenters. The smallest absolute Gasteiger partial charge is 0.319 e. The van der Waals surface area contributed by atoms with E-state index in [9.17, 15) is 4.79 Å². The van der Waals surface area contributed by atoms with Crippen molar-refractivity contribution in [3.8, 4) is 11.5 Å². The van der Waals surface area contributed by atoms with Gasteiger partial charge in [0.15, 0.2) is 0 Å². The van der Waals surface area contributed by atoms with Gasteiger partial charge in [0.2, 0.25) is 0 Å². The van der Waals surface area contributed by atoms with Crippen LogP contribution in [0.5, 0.6) is 11.5 Å². The molecule has 0 radical (unpaired) electrons. The topological polar surface area (TPSA) is 88.6 Å². The number of hydrogen-bond donors (Lipinski definition) is 2. The van der Waals surface area contributed by atoms with Crippen molar-refractivity contribution < 1.29 is 14.3 Å². The van der Waals surface area contributed by atoms with Crippen LogP contribution in [-0.2, 0) is 6.54 Å². The summed E-state index contributed by atoms with van der Waals surface area (Å²) in [4.78, 5) is 23.3. The molecule has 2 N–H and O–H groups in total. The van der Waals surface area contributed by atoms with Gasteiger partial charge in [-0.05, 0) is 31.4 Å². The minimum Gasteiger partial charge on any atom is -0.495 e. The number of carbonyl (C=O) groups is 1. The van der Waals surface area contributed by atoms with Gasteiger partial charge in [-0.2, -0.15) is 0 Å². The molecule has 3 rings (SSSR count). The number of carbonyl (C=O) groups excluding carboxylic acids is 1. The quantitative estimate of drug-likeness (QED) is 0.765. The fraction of sp³-hybridized carbons (Fsp3) is 0.421. The van der Waals surface area contributed by atoms with Gasteiger partial charge in [-0.25, -0.2) is 14.8 Å². The molecule has 0 unspecified atom stereocenters. The third kappa shape index (κ3) is 4.95. The number of rotatable bonds is 6. The molecule has 1 aromatic heterocycles. The monoisotopic (exact) mass is 405 g/mol. The lowest BCUT2D eigenvalue weighted by Crippen LogP contribution is -2.31. The highest BCUT2D eigenvalue weighted by atomic mass is 35.5. The van der Waals surface area contributed by atoms with Gasteiger partial charge in [-0.3, -0.25) is 0 Å². The molecule has 1 aliphatic heterocycles. The van der Waals surface area contributed by atoms with Crippen LogP contribution in [-0.4, -0.2) is 43.3 Å². The molecule has 1 fully saturated rings. The van der Waals surface area contributed by atoms with Crippen LogP contribution < -0.4 is 25.0 Å². The summed E-state index contributed by atoms with van der Waals surface area (Å²) in [6, 6.07) is 4.68. The summed E-state index contributed by atoms with van der Waals surface area (Å²) in [5, 5.41) is 5.85. The van der Waals surface area contributed by atoms with Crippen LogP contribution in [0.1, 0.15) is 25.1 Å². The first-order valence-corrected chi connectivity index (χ1v) is 9.51. The summed E-state index contributed by atoms with van der Waals surface area (Å²) >= 11 is 6.13. The molecule has 9 heteroatoms. The molecule has 8 nitrogen and oxygen atoms in total. The molecule has 1 saturated heterocycles. The van der Waals surface area contributed by atoms with Gasteiger partial charge in [0, 0.05) is 25.4 Å².